The van der Waals surface area contributed by atoms with Crippen molar-refractivity contribution in [1.29, 1.82) is 0 Å². The molecule has 0 spiro atoms. The zero-order valence-electron chi connectivity index (χ0n) is 8.64. The summed E-state index contributed by atoms with van der Waals surface area (Å²) in [6.07, 6.45) is 3.63. The summed E-state index contributed by atoms with van der Waals surface area (Å²) < 4.78 is 0. The molecule has 1 atom stereocenters. The molecule has 0 aromatic carbocycles. The number of nitrogens with zero attached hydrogens (tertiary/aromatic N) is 1. The van der Waals surface area contributed by atoms with Gasteiger partial charge in [-0.1, -0.05) is 0 Å². The lowest BCUT2D eigenvalue weighted by Gasteiger charge is -2.34. The molecular formula is C10H22N2. The van der Waals surface area contributed by atoms with Crippen molar-refractivity contribution in [3.8, 4) is 0 Å². The van der Waals surface area contributed by atoms with Gasteiger partial charge in [0, 0.05) is 18.1 Å². The molecule has 1 aliphatic rings. The van der Waals surface area contributed by atoms with Gasteiger partial charge in [-0.25, -0.2) is 0 Å². The fourth-order valence-electron chi connectivity index (χ4n) is 1.79. The number of rotatable bonds is 0. The van der Waals surface area contributed by atoms with Crippen LogP contribution in [0.1, 0.15) is 40.0 Å². The second-order valence-corrected chi connectivity index (χ2v) is 4.85. The highest BCUT2D eigenvalue weighted by atomic mass is 15.2. The van der Waals surface area contributed by atoms with Gasteiger partial charge in [0.15, 0.2) is 0 Å². The lowest BCUT2D eigenvalue weighted by Crippen LogP contribution is -2.42. The number of likely N-dealkylation sites (tertiary alicyclic amines) is 1. The summed E-state index contributed by atoms with van der Waals surface area (Å²) >= 11 is 0. The minimum Gasteiger partial charge on any atom is -0.328 e. The fraction of sp³-hybridized carbons (Fsp3) is 1.00. The highest BCUT2D eigenvalue weighted by Crippen LogP contribution is 2.18. The normalized spacial score (nSPS) is 28.5. The smallest absolute Gasteiger partial charge is 0.0125 e. The second kappa shape index (κ2) is 3.75. The summed E-state index contributed by atoms with van der Waals surface area (Å²) in [6, 6.07) is 0.442. The third-order valence-corrected chi connectivity index (χ3v) is 2.72. The van der Waals surface area contributed by atoms with Crippen molar-refractivity contribution in [1.82, 2.24) is 4.90 Å². The molecule has 2 N–H and O–H groups in total. The first-order chi connectivity index (χ1) is 5.50. The molecule has 2 nitrogen and oxygen atoms in total. The minimum absolute atomic E-state index is 0.323. The summed E-state index contributed by atoms with van der Waals surface area (Å²) in [6.45, 7) is 9.24. The van der Waals surface area contributed by atoms with E-state index in [-0.39, 0.29) is 0 Å². The lowest BCUT2D eigenvalue weighted by molar-refractivity contribution is 0.142. The van der Waals surface area contributed by atoms with Crippen molar-refractivity contribution in [2.24, 2.45) is 5.73 Å². The molecule has 2 heteroatoms. The van der Waals surface area contributed by atoms with E-state index in [1.165, 1.54) is 25.9 Å². The highest BCUT2D eigenvalue weighted by molar-refractivity contribution is 4.80. The molecule has 0 unspecified atom stereocenters. The van der Waals surface area contributed by atoms with Gasteiger partial charge in [-0.15, -0.1) is 0 Å². The summed E-state index contributed by atoms with van der Waals surface area (Å²) in [4.78, 5) is 2.54. The molecule has 0 aromatic heterocycles. The molecule has 1 fully saturated rings. The second-order valence-electron chi connectivity index (χ2n) is 4.85. The molecule has 0 radical (unpaired) electrons. The van der Waals surface area contributed by atoms with Crippen LogP contribution in [0.25, 0.3) is 0 Å². The maximum absolute atomic E-state index is 5.91. The molecule has 12 heavy (non-hydrogen) atoms. The predicted molar refractivity (Wildman–Crippen MR) is 53.2 cm³/mol. The molecular weight excluding hydrogens is 148 g/mol. The first-order valence-corrected chi connectivity index (χ1v) is 5.01. The van der Waals surface area contributed by atoms with Gasteiger partial charge < -0.3 is 5.73 Å². The van der Waals surface area contributed by atoms with Gasteiger partial charge in [-0.2, -0.15) is 0 Å². The van der Waals surface area contributed by atoms with E-state index in [4.69, 9.17) is 5.73 Å². The Hall–Kier alpha value is -0.0800. The molecule has 1 rings (SSSR count). The van der Waals surface area contributed by atoms with Crippen molar-refractivity contribution >= 4 is 0 Å². The zero-order chi connectivity index (χ0) is 9.19. The average Bonchev–Trinajstić information content (AvgIpc) is 2.11. The van der Waals surface area contributed by atoms with Gasteiger partial charge in [0.1, 0.15) is 0 Å². The molecule has 0 aliphatic carbocycles. The SMILES string of the molecule is CC(C)(C)N1CCC[C@H](N)CC1. The van der Waals surface area contributed by atoms with Crippen LogP contribution in [0.4, 0.5) is 0 Å². The highest BCUT2D eigenvalue weighted by Gasteiger charge is 2.23. The van der Waals surface area contributed by atoms with Gasteiger partial charge in [-0.3, -0.25) is 4.90 Å². The largest absolute Gasteiger partial charge is 0.328 e. The van der Waals surface area contributed by atoms with Gasteiger partial charge in [0.2, 0.25) is 0 Å². The standard InChI is InChI=1S/C10H22N2/c1-10(2,3)12-7-4-5-9(11)6-8-12/h9H,4-8,11H2,1-3H3/t9-/m0/s1. The van der Waals surface area contributed by atoms with Crippen molar-refractivity contribution in [3.05, 3.63) is 0 Å². The van der Waals surface area contributed by atoms with Crippen LogP contribution in [0, 0.1) is 0 Å². The monoisotopic (exact) mass is 170 g/mol. The lowest BCUT2D eigenvalue weighted by atomic mass is 10.1. The van der Waals surface area contributed by atoms with E-state index in [0.29, 0.717) is 11.6 Å². The van der Waals surface area contributed by atoms with E-state index in [1.54, 1.807) is 0 Å². The van der Waals surface area contributed by atoms with Crippen LogP contribution < -0.4 is 5.73 Å². The first-order valence-electron chi connectivity index (χ1n) is 5.01. The van der Waals surface area contributed by atoms with E-state index in [2.05, 4.69) is 25.7 Å². The van der Waals surface area contributed by atoms with Crippen molar-refractivity contribution in [2.75, 3.05) is 13.1 Å². The Morgan fingerprint density at radius 1 is 1.17 bits per heavy atom. The first kappa shape index (κ1) is 10.0. The maximum Gasteiger partial charge on any atom is 0.0125 e. The summed E-state index contributed by atoms with van der Waals surface area (Å²) in [5.74, 6) is 0. The van der Waals surface area contributed by atoms with Gasteiger partial charge >= 0.3 is 0 Å². The van der Waals surface area contributed by atoms with Crippen LogP contribution >= 0.6 is 0 Å². The third kappa shape index (κ3) is 2.76. The Bertz CT molecular complexity index is 137. The summed E-state index contributed by atoms with van der Waals surface area (Å²) in [5.41, 5.74) is 6.24. The number of hydrogen-bond donors (Lipinski definition) is 1. The van der Waals surface area contributed by atoms with E-state index in [1.807, 2.05) is 0 Å². The van der Waals surface area contributed by atoms with Crippen LogP contribution in [0.2, 0.25) is 0 Å². The van der Waals surface area contributed by atoms with Crippen molar-refractivity contribution in [3.63, 3.8) is 0 Å². The Balaban J connectivity index is 2.46. The van der Waals surface area contributed by atoms with Gasteiger partial charge in [0.25, 0.3) is 0 Å². The van der Waals surface area contributed by atoms with E-state index in [9.17, 15) is 0 Å². The maximum atomic E-state index is 5.91. The molecule has 0 amide bonds. The Kier molecular flexibility index (Phi) is 3.13. The molecule has 1 aliphatic heterocycles. The summed E-state index contributed by atoms with van der Waals surface area (Å²) in [5, 5.41) is 0. The average molecular weight is 170 g/mol. The predicted octanol–water partition coefficient (Wildman–Crippen LogP) is 1.60. The van der Waals surface area contributed by atoms with Gasteiger partial charge in [0.05, 0.1) is 0 Å². The van der Waals surface area contributed by atoms with E-state index in [0.717, 1.165) is 6.42 Å². The van der Waals surface area contributed by atoms with Crippen LogP contribution in [-0.4, -0.2) is 29.6 Å². The Labute approximate surface area is 76.1 Å². The molecule has 0 saturated carbocycles. The molecule has 1 heterocycles. The molecule has 0 aromatic rings. The number of hydrogen-bond acceptors (Lipinski definition) is 2. The molecule has 1 saturated heterocycles. The van der Waals surface area contributed by atoms with Crippen LogP contribution in [0.5, 0.6) is 0 Å². The molecule has 0 bridgehead atoms. The van der Waals surface area contributed by atoms with Crippen LogP contribution in [0.15, 0.2) is 0 Å². The molecule has 72 valence electrons. The Morgan fingerprint density at radius 3 is 2.42 bits per heavy atom. The third-order valence-electron chi connectivity index (χ3n) is 2.72. The van der Waals surface area contributed by atoms with E-state index >= 15 is 0 Å². The van der Waals surface area contributed by atoms with Crippen molar-refractivity contribution < 1.29 is 0 Å². The van der Waals surface area contributed by atoms with Gasteiger partial charge in [-0.05, 0) is 46.6 Å². The quantitative estimate of drug-likeness (QED) is 0.598. The Morgan fingerprint density at radius 2 is 1.83 bits per heavy atom. The zero-order valence-corrected chi connectivity index (χ0v) is 8.64. The minimum atomic E-state index is 0.323. The van der Waals surface area contributed by atoms with Crippen LogP contribution in [-0.2, 0) is 0 Å². The number of nitrogens with two attached hydrogens (primary N) is 1. The topological polar surface area (TPSA) is 29.3 Å². The summed E-state index contributed by atoms with van der Waals surface area (Å²) in [7, 11) is 0. The van der Waals surface area contributed by atoms with Crippen molar-refractivity contribution in [2.45, 2.75) is 51.6 Å². The fourth-order valence-corrected chi connectivity index (χ4v) is 1.79. The van der Waals surface area contributed by atoms with E-state index < -0.39 is 0 Å². The van der Waals surface area contributed by atoms with Crippen LogP contribution in [0.3, 0.4) is 0 Å².